The lowest BCUT2D eigenvalue weighted by Crippen LogP contribution is -2.03. The fourth-order valence-electron chi connectivity index (χ4n) is 3.66. The first kappa shape index (κ1) is 20.8. The van der Waals surface area contributed by atoms with Crippen LogP contribution in [0.3, 0.4) is 0 Å². The van der Waals surface area contributed by atoms with E-state index >= 15 is 0 Å². The Hall–Kier alpha value is -3.13. The molecule has 5 rings (SSSR count). The summed E-state index contributed by atoms with van der Waals surface area (Å²) in [4.78, 5) is 4.31. The Balaban J connectivity index is 1.89. The van der Waals surface area contributed by atoms with Crippen molar-refractivity contribution < 1.29 is 9.47 Å². The first-order chi connectivity index (χ1) is 15.5. The summed E-state index contributed by atoms with van der Waals surface area (Å²) in [6.07, 6.45) is 3.20. The largest absolute Gasteiger partial charge is 0.493 e. The summed E-state index contributed by atoms with van der Waals surface area (Å²) in [6.45, 7) is 0. The highest BCUT2D eigenvalue weighted by atomic mass is 35.5. The van der Waals surface area contributed by atoms with Crippen LogP contribution in [0.15, 0.2) is 48.8 Å². The minimum atomic E-state index is 0.342. The summed E-state index contributed by atoms with van der Waals surface area (Å²) in [7, 11) is 3.17. The Kier molecular flexibility index (Phi) is 5.25. The molecule has 3 aromatic heterocycles. The molecule has 5 aromatic rings. The number of methoxy groups -OCH3 is 2. The monoisotopic (exact) mass is 485 g/mol. The van der Waals surface area contributed by atoms with Crippen LogP contribution >= 0.6 is 34.8 Å². The lowest BCUT2D eigenvalue weighted by molar-refractivity contribution is 0.357. The molecule has 0 N–H and O–H groups in total. The predicted octanol–water partition coefficient (Wildman–Crippen LogP) is 6.01. The molecule has 7 nitrogen and oxygen atoms in total. The Morgan fingerprint density at radius 3 is 2.34 bits per heavy atom. The van der Waals surface area contributed by atoms with Gasteiger partial charge in [0, 0.05) is 28.2 Å². The third-order valence-electron chi connectivity index (χ3n) is 5.04. The van der Waals surface area contributed by atoms with E-state index in [1.165, 1.54) is 10.9 Å². The highest BCUT2D eigenvalue weighted by Crippen LogP contribution is 2.45. The molecule has 3 heterocycles. The van der Waals surface area contributed by atoms with Gasteiger partial charge in [-0.15, -0.1) is 10.2 Å². The fourth-order valence-corrected chi connectivity index (χ4v) is 4.24. The molecule has 0 radical (unpaired) electrons. The van der Waals surface area contributed by atoms with Gasteiger partial charge in [0.15, 0.2) is 23.0 Å². The average Bonchev–Trinajstić information content (AvgIpc) is 3.22. The Labute approximate surface area is 197 Å². The van der Waals surface area contributed by atoms with Crippen molar-refractivity contribution in [3.63, 3.8) is 0 Å². The summed E-state index contributed by atoms with van der Waals surface area (Å²) < 4.78 is 12.8. The second-order valence-corrected chi connectivity index (χ2v) is 8.12. The Morgan fingerprint density at radius 1 is 0.875 bits per heavy atom. The van der Waals surface area contributed by atoms with Crippen LogP contribution in [0.1, 0.15) is 0 Å². The first-order valence-electron chi connectivity index (χ1n) is 9.38. The third kappa shape index (κ3) is 3.30. The van der Waals surface area contributed by atoms with Crippen LogP contribution in [0.2, 0.25) is 15.1 Å². The van der Waals surface area contributed by atoms with E-state index in [1.807, 2.05) is 24.3 Å². The molecule has 0 aliphatic carbocycles. The molecular formula is C22H14Cl3N5O2. The van der Waals surface area contributed by atoms with Crippen LogP contribution in [0, 0.1) is 0 Å². The number of nitrogens with zero attached hydrogens (tertiary/aromatic N) is 5. The molecule has 0 saturated heterocycles. The van der Waals surface area contributed by atoms with Crippen LogP contribution in [-0.4, -0.2) is 39.2 Å². The number of hydrogen-bond donors (Lipinski definition) is 0. The van der Waals surface area contributed by atoms with E-state index in [0.29, 0.717) is 43.5 Å². The van der Waals surface area contributed by atoms with Gasteiger partial charge in [0.1, 0.15) is 0 Å². The smallest absolute Gasteiger partial charge is 0.187 e. The summed E-state index contributed by atoms with van der Waals surface area (Å²) in [6, 6.07) is 10.8. The second-order valence-electron chi connectivity index (χ2n) is 6.84. The van der Waals surface area contributed by atoms with Crippen molar-refractivity contribution >= 4 is 56.7 Å². The minimum Gasteiger partial charge on any atom is -0.493 e. The maximum absolute atomic E-state index is 6.36. The minimum absolute atomic E-state index is 0.342. The van der Waals surface area contributed by atoms with E-state index in [2.05, 4.69) is 20.3 Å². The topological polar surface area (TPSA) is 75.0 Å². The van der Waals surface area contributed by atoms with Gasteiger partial charge in [-0.3, -0.25) is 0 Å². The zero-order valence-electron chi connectivity index (χ0n) is 16.8. The summed E-state index contributed by atoms with van der Waals surface area (Å²) in [5.74, 6) is 1.49. The van der Waals surface area contributed by atoms with Gasteiger partial charge in [0.05, 0.1) is 41.4 Å². The van der Waals surface area contributed by atoms with Crippen LogP contribution in [0.25, 0.3) is 38.9 Å². The molecule has 32 heavy (non-hydrogen) atoms. The number of aromatic nitrogens is 5. The van der Waals surface area contributed by atoms with E-state index in [-0.39, 0.29) is 0 Å². The number of ether oxygens (including phenoxy) is 2. The summed E-state index contributed by atoms with van der Waals surface area (Å²) in [5, 5.41) is 16.2. The molecule has 0 saturated carbocycles. The van der Waals surface area contributed by atoms with Crippen LogP contribution in [0.5, 0.6) is 11.5 Å². The van der Waals surface area contributed by atoms with Crippen LogP contribution in [0.4, 0.5) is 0 Å². The van der Waals surface area contributed by atoms with Crippen LogP contribution in [-0.2, 0) is 0 Å². The molecular weight excluding hydrogens is 473 g/mol. The molecule has 10 heteroatoms. The zero-order valence-corrected chi connectivity index (χ0v) is 19.1. The number of rotatable bonds is 4. The predicted molar refractivity (Wildman–Crippen MR) is 126 cm³/mol. The maximum Gasteiger partial charge on any atom is 0.187 e. The van der Waals surface area contributed by atoms with E-state index in [1.54, 1.807) is 32.5 Å². The molecule has 0 spiro atoms. The van der Waals surface area contributed by atoms with Crippen molar-refractivity contribution in [2.24, 2.45) is 0 Å². The van der Waals surface area contributed by atoms with Gasteiger partial charge in [0.25, 0.3) is 0 Å². The molecule has 0 atom stereocenters. The van der Waals surface area contributed by atoms with E-state index < -0.39 is 0 Å². The number of halogens is 3. The highest BCUT2D eigenvalue weighted by Gasteiger charge is 2.22. The van der Waals surface area contributed by atoms with E-state index in [0.717, 1.165) is 21.9 Å². The number of hydrogen-bond acceptors (Lipinski definition) is 6. The molecule has 0 aliphatic rings. The van der Waals surface area contributed by atoms with Crippen molar-refractivity contribution in [2.45, 2.75) is 0 Å². The molecule has 160 valence electrons. The van der Waals surface area contributed by atoms with Crippen molar-refractivity contribution in [2.75, 3.05) is 14.2 Å². The number of benzene rings is 2. The highest BCUT2D eigenvalue weighted by molar-refractivity contribution is 6.35. The number of fused-ring (bicyclic) bond motifs is 3. The zero-order chi connectivity index (χ0) is 22.4. The van der Waals surface area contributed by atoms with E-state index in [4.69, 9.17) is 44.3 Å². The van der Waals surface area contributed by atoms with E-state index in [9.17, 15) is 0 Å². The van der Waals surface area contributed by atoms with Crippen molar-refractivity contribution in [3.8, 4) is 28.4 Å². The Morgan fingerprint density at radius 2 is 1.66 bits per heavy atom. The van der Waals surface area contributed by atoms with Gasteiger partial charge in [-0.1, -0.05) is 46.9 Å². The van der Waals surface area contributed by atoms with Gasteiger partial charge < -0.3 is 9.47 Å². The Bertz CT molecular complexity index is 1490. The first-order valence-corrected chi connectivity index (χ1v) is 10.5. The quantitative estimate of drug-likeness (QED) is 0.310. The van der Waals surface area contributed by atoms with Gasteiger partial charge >= 0.3 is 0 Å². The van der Waals surface area contributed by atoms with Crippen LogP contribution < -0.4 is 9.47 Å². The second kappa shape index (κ2) is 8.09. The number of pyridine rings is 1. The molecule has 0 fully saturated rings. The van der Waals surface area contributed by atoms with Crippen molar-refractivity contribution in [3.05, 3.63) is 63.9 Å². The van der Waals surface area contributed by atoms with Crippen molar-refractivity contribution in [1.29, 1.82) is 0 Å². The SMILES string of the molecule is COc1cc2nnc3c(cnn3-c3ncc(Cl)cc3Cl)c2c(-c2ccc(Cl)cc2)c1OC. The summed E-state index contributed by atoms with van der Waals surface area (Å²) in [5.41, 5.74) is 2.76. The third-order valence-corrected chi connectivity index (χ3v) is 5.77. The van der Waals surface area contributed by atoms with Gasteiger partial charge in [-0.25, -0.2) is 4.98 Å². The maximum atomic E-state index is 6.36. The van der Waals surface area contributed by atoms with Gasteiger partial charge in [-0.2, -0.15) is 9.78 Å². The molecule has 0 aliphatic heterocycles. The van der Waals surface area contributed by atoms with Gasteiger partial charge in [-0.05, 0) is 23.8 Å². The molecule has 0 unspecified atom stereocenters. The molecule has 2 aromatic carbocycles. The lowest BCUT2D eigenvalue weighted by atomic mass is 9.97. The summed E-state index contributed by atoms with van der Waals surface area (Å²) >= 11 is 18.5. The molecule has 0 bridgehead atoms. The standard InChI is InChI=1S/C22H14Cl3N5O2/c1-31-17-8-16-19(18(20(17)32-2)11-3-5-12(23)6-4-11)14-10-27-30(21(14)29-28-16)22-15(25)7-13(24)9-26-22/h3-10H,1-2H3. The lowest BCUT2D eigenvalue weighted by Gasteiger charge is -2.16. The normalized spacial score (nSPS) is 11.3. The molecule has 0 amide bonds. The average molecular weight is 487 g/mol. The van der Waals surface area contributed by atoms with Crippen molar-refractivity contribution in [1.82, 2.24) is 25.0 Å². The fraction of sp³-hybridized carbons (Fsp3) is 0.0909. The van der Waals surface area contributed by atoms with Gasteiger partial charge in [0.2, 0.25) is 0 Å².